The number of nitrogens with one attached hydrogen (secondary N) is 1. The van der Waals surface area contributed by atoms with Crippen molar-refractivity contribution in [3.05, 3.63) is 59.9 Å². The molecule has 0 saturated carbocycles. The van der Waals surface area contributed by atoms with Crippen LogP contribution in [0.5, 0.6) is 5.88 Å². The normalized spacial score (nSPS) is 10.7. The average molecular weight is 347 g/mol. The fourth-order valence-electron chi connectivity index (χ4n) is 2.58. The lowest BCUT2D eigenvalue weighted by Gasteiger charge is -2.13. The predicted molar refractivity (Wildman–Crippen MR) is 102 cm³/mol. The van der Waals surface area contributed by atoms with Crippen molar-refractivity contribution >= 4 is 16.6 Å². The van der Waals surface area contributed by atoms with Gasteiger partial charge in [0.25, 0.3) is 0 Å². The highest BCUT2D eigenvalue weighted by molar-refractivity contribution is 5.93. The van der Waals surface area contributed by atoms with Crippen LogP contribution in [0.2, 0.25) is 0 Å². The van der Waals surface area contributed by atoms with Gasteiger partial charge in [-0.3, -0.25) is 4.98 Å². The number of nitriles is 1. The summed E-state index contributed by atoms with van der Waals surface area (Å²) in [6.45, 7) is 1.98. The van der Waals surface area contributed by atoms with Crippen molar-refractivity contribution in [2.75, 3.05) is 32.6 Å². The Bertz CT molecular complexity index is 933. The summed E-state index contributed by atoms with van der Waals surface area (Å²) >= 11 is 0. The molecule has 0 aliphatic carbocycles. The number of hydrogen-bond acceptors (Lipinski definition) is 6. The van der Waals surface area contributed by atoms with Crippen LogP contribution >= 0.6 is 0 Å². The smallest absolute Gasteiger partial charge is 0.213 e. The number of anilines is 1. The second-order valence-corrected chi connectivity index (χ2v) is 6.18. The van der Waals surface area contributed by atoms with Gasteiger partial charge in [0.05, 0.1) is 16.8 Å². The van der Waals surface area contributed by atoms with E-state index in [4.69, 9.17) is 4.74 Å². The van der Waals surface area contributed by atoms with E-state index in [1.165, 1.54) is 0 Å². The first kappa shape index (κ1) is 17.6. The summed E-state index contributed by atoms with van der Waals surface area (Å²) in [5.41, 5.74) is 3.21. The monoisotopic (exact) mass is 347 g/mol. The molecule has 1 aromatic carbocycles. The number of hydrogen-bond donors (Lipinski definition) is 1. The predicted octanol–water partition coefficient (Wildman–Crippen LogP) is 3.05. The molecule has 132 valence electrons. The number of benzene rings is 1. The van der Waals surface area contributed by atoms with E-state index in [0.29, 0.717) is 24.6 Å². The molecule has 0 spiro atoms. The van der Waals surface area contributed by atoms with E-state index in [0.717, 1.165) is 28.7 Å². The zero-order valence-corrected chi connectivity index (χ0v) is 14.9. The van der Waals surface area contributed by atoms with E-state index in [1.54, 1.807) is 12.4 Å². The molecule has 0 unspecified atom stereocenters. The summed E-state index contributed by atoms with van der Waals surface area (Å²) < 4.78 is 5.68. The first-order valence-corrected chi connectivity index (χ1v) is 8.41. The standard InChI is InChI=1S/C20H21N5O/c1-25(2)9-10-26-19-11-15(7-8-22-19)13-24-20-16(12-21)14-23-18-6-4-3-5-17(18)20/h3-8,11,14H,9-10,13H2,1-2H3,(H,23,24). The third-order valence-electron chi connectivity index (χ3n) is 3.95. The molecule has 2 heterocycles. The van der Waals surface area contributed by atoms with E-state index in [2.05, 4.69) is 26.3 Å². The fourth-order valence-corrected chi connectivity index (χ4v) is 2.58. The van der Waals surface area contributed by atoms with Gasteiger partial charge in [-0.25, -0.2) is 4.98 Å². The van der Waals surface area contributed by atoms with Crippen LogP contribution in [-0.2, 0) is 6.54 Å². The van der Waals surface area contributed by atoms with Crippen LogP contribution in [0.3, 0.4) is 0 Å². The lowest BCUT2D eigenvalue weighted by atomic mass is 10.1. The third-order valence-corrected chi connectivity index (χ3v) is 3.95. The summed E-state index contributed by atoms with van der Waals surface area (Å²) in [4.78, 5) is 10.6. The number of ether oxygens (including phenoxy) is 1. The van der Waals surface area contributed by atoms with Gasteiger partial charge in [-0.05, 0) is 31.8 Å². The Labute approximate surface area is 153 Å². The van der Waals surface area contributed by atoms with Crippen molar-refractivity contribution in [1.82, 2.24) is 14.9 Å². The molecule has 0 aliphatic rings. The van der Waals surface area contributed by atoms with Gasteiger partial charge >= 0.3 is 0 Å². The zero-order chi connectivity index (χ0) is 18.4. The number of fused-ring (bicyclic) bond motifs is 1. The van der Waals surface area contributed by atoms with Gasteiger partial charge < -0.3 is 15.0 Å². The van der Waals surface area contributed by atoms with Gasteiger partial charge in [0, 0.05) is 36.9 Å². The highest BCUT2D eigenvalue weighted by Gasteiger charge is 2.08. The van der Waals surface area contributed by atoms with E-state index in [9.17, 15) is 5.26 Å². The van der Waals surface area contributed by atoms with Gasteiger partial charge in [0.15, 0.2) is 0 Å². The number of para-hydroxylation sites is 1. The van der Waals surface area contributed by atoms with Crippen LogP contribution < -0.4 is 10.1 Å². The van der Waals surface area contributed by atoms with Gasteiger partial charge in [0.1, 0.15) is 12.7 Å². The third kappa shape index (κ3) is 4.26. The lowest BCUT2D eigenvalue weighted by molar-refractivity contribution is 0.253. The Morgan fingerprint density at radius 3 is 2.85 bits per heavy atom. The SMILES string of the molecule is CN(C)CCOc1cc(CNc2c(C#N)cnc3ccccc23)ccn1. The van der Waals surface area contributed by atoms with E-state index in [-0.39, 0.29) is 0 Å². The maximum absolute atomic E-state index is 9.40. The topological polar surface area (TPSA) is 74.1 Å². The van der Waals surface area contributed by atoms with E-state index < -0.39 is 0 Å². The minimum atomic E-state index is 0.528. The Morgan fingerprint density at radius 2 is 2.04 bits per heavy atom. The van der Waals surface area contributed by atoms with E-state index >= 15 is 0 Å². The van der Waals surface area contributed by atoms with Crippen LogP contribution in [0.25, 0.3) is 10.9 Å². The molecule has 1 N–H and O–H groups in total. The molecule has 6 nitrogen and oxygen atoms in total. The molecular weight excluding hydrogens is 326 g/mol. The molecule has 0 atom stereocenters. The largest absolute Gasteiger partial charge is 0.476 e. The van der Waals surface area contributed by atoms with E-state index in [1.807, 2.05) is 50.5 Å². The molecule has 0 amide bonds. The van der Waals surface area contributed by atoms with Gasteiger partial charge in [-0.1, -0.05) is 18.2 Å². The first-order valence-electron chi connectivity index (χ1n) is 8.41. The van der Waals surface area contributed by atoms with Gasteiger partial charge in [-0.2, -0.15) is 5.26 Å². The second kappa shape index (κ2) is 8.28. The van der Waals surface area contributed by atoms with Crippen molar-refractivity contribution in [2.45, 2.75) is 6.54 Å². The summed E-state index contributed by atoms with van der Waals surface area (Å²) in [5, 5.41) is 13.7. The minimum absolute atomic E-state index is 0.528. The second-order valence-electron chi connectivity index (χ2n) is 6.18. The Balaban J connectivity index is 1.75. The molecule has 26 heavy (non-hydrogen) atoms. The lowest BCUT2D eigenvalue weighted by Crippen LogP contribution is -2.19. The Hall–Kier alpha value is -3.17. The molecule has 0 saturated heterocycles. The van der Waals surface area contributed by atoms with Crippen molar-refractivity contribution in [2.24, 2.45) is 0 Å². The highest BCUT2D eigenvalue weighted by Crippen LogP contribution is 2.26. The number of nitrogens with zero attached hydrogens (tertiary/aromatic N) is 4. The Kier molecular flexibility index (Phi) is 5.62. The molecule has 0 bridgehead atoms. The number of pyridine rings is 2. The molecular formula is C20H21N5O. The van der Waals surface area contributed by atoms with Gasteiger partial charge in [0.2, 0.25) is 5.88 Å². The first-order chi connectivity index (χ1) is 12.7. The van der Waals surface area contributed by atoms with Crippen LogP contribution in [0, 0.1) is 11.3 Å². The van der Waals surface area contributed by atoms with Crippen molar-refractivity contribution in [1.29, 1.82) is 5.26 Å². The Morgan fingerprint density at radius 1 is 1.19 bits per heavy atom. The molecule has 6 heteroatoms. The molecule has 3 aromatic rings. The fraction of sp³-hybridized carbons (Fsp3) is 0.250. The summed E-state index contributed by atoms with van der Waals surface area (Å²) in [6.07, 6.45) is 3.34. The molecule has 0 fully saturated rings. The zero-order valence-electron chi connectivity index (χ0n) is 14.9. The van der Waals surface area contributed by atoms with Crippen molar-refractivity contribution in [3.63, 3.8) is 0 Å². The van der Waals surface area contributed by atoms with Crippen LogP contribution in [0.15, 0.2) is 48.8 Å². The highest BCUT2D eigenvalue weighted by atomic mass is 16.5. The van der Waals surface area contributed by atoms with Crippen LogP contribution in [0.1, 0.15) is 11.1 Å². The summed E-state index contributed by atoms with van der Waals surface area (Å²) in [7, 11) is 4.01. The van der Waals surface area contributed by atoms with Crippen LogP contribution in [0.4, 0.5) is 5.69 Å². The maximum Gasteiger partial charge on any atom is 0.213 e. The van der Waals surface area contributed by atoms with Gasteiger partial charge in [-0.15, -0.1) is 0 Å². The summed E-state index contributed by atoms with van der Waals surface area (Å²) in [6, 6.07) is 13.8. The molecule has 0 radical (unpaired) electrons. The average Bonchev–Trinajstić information content (AvgIpc) is 2.66. The molecule has 2 aromatic heterocycles. The maximum atomic E-state index is 9.40. The van der Waals surface area contributed by atoms with Crippen molar-refractivity contribution < 1.29 is 4.74 Å². The minimum Gasteiger partial charge on any atom is -0.476 e. The molecule has 3 rings (SSSR count). The van der Waals surface area contributed by atoms with Crippen LogP contribution in [-0.4, -0.2) is 42.1 Å². The number of likely N-dealkylation sites (N-methyl/N-ethyl adjacent to an activating group) is 1. The van der Waals surface area contributed by atoms with Crippen molar-refractivity contribution in [3.8, 4) is 11.9 Å². The quantitative estimate of drug-likeness (QED) is 0.708. The number of aromatic nitrogens is 2. The summed E-state index contributed by atoms with van der Waals surface area (Å²) in [5.74, 6) is 0.603. The molecule has 0 aliphatic heterocycles. The number of rotatable bonds is 7.